The van der Waals surface area contributed by atoms with Crippen LogP contribution in [0.25, 0.3) is 0 Å². The molecule has 1 aromatic rings. The van der Waals surface area contributed by atoms with Crippen molar-refractivity contribution >= 4 is 5.95 Å². The van der Waals surface area contributed by atoms with Gasteiger partial charge in [0.15, 0.2) is 0 Å². The van der Waals surface area contributed by atoms with Gasteiger partial charge in [-0.1, -0.05) is 13.3 Å². The van der Waals surface area contributed by atoms with Crippen LogP contribution in [-0.2, 0) is 18.3 Å². The number of aromatic nitrogens is 3. The summed E-state index contributed by atoms with van der Waals surface area (Å²) in [5.41, 5.74) is -0.873. The molecule has 1 rings (SSSR count). The zero-order valence-corrected chi connectivity index (χ0v) is 12.8. The highest BCUT2D eigenvalue weighted by atomic mass is 16.5. The molecule has 7 heteroatoms. The Bertz CT molecular complexity index is 535. The van der Waals surface area contributed by atoms with Crippen molar-refractivity contribution < 1.29 is 4.74 Å². The van der Waals surface area contributed by atoms with Gasteiger partial charge < -0.3 is 9.64 Å². The van der Waals surface area contributed by atoms with Crippen LogP contribution in [0.4, 0.5) is 5.95 Å². The number of methoxy groups -OCH3 is 1. The quantitative estimate of drug-likeness (QED) is 0.683. The molecule has 0 amide bonds. The molecular formula is C13H24N4O3. The van der Waals surface area contributed by atoms with Crippen LogP contribution in [0.5, 0.6) is 0 Å². The average molecular weight is 284 g/mol. The monoisotopic (exact) mass is 284 g/mol. The zero-order valence-electron chi connectivity index (χ0n) is 12.8. The molecule has 0 aliphatic rings. The van der Waals surface area contributed by atoms with E-state index in [1.807, 2.05) is 11.8 Å². The maximum absolute atomic E-state index is 12.2. The number of nitrogens with zero attached hydrogens (tertiary/aromatic N) is 4. The summed E-state index contributed by atoms with van der Waals surface area (Å²) in [5, 5.41) is 0. The van der Waals surface area contributed by atoms with E-state index in [0.717, 1.165) is 24.0 Å². The summed E-state index contributed by atoms with van der Waals surface area (Å²) in [6.07, 6.45) is 2.05. The number of rotatable bonds is 8. The second-order valence-corrected chi connectivity index (χ2v) is 4.61. The molecule has 0 spiro atoms. The summed E-state index contributed by atoms with van der Waals surface area (Å²) in [4.78, 5) is 30.2. The predicted octanol–water partition coefficient (Wildman–Crippen LogP) is 0.215. The molecule has 7 nitrogen and oxygen atoms in total. The highest BCUT2D eigenvalue weighted by molar-refractivity contribution is 5.28. The fraction of sp³-hybridized carbons (Fsp3) is 0.769. The lowest BCUT2D eigenvalue weighted by atomic mass is 10.3. The van der Waals surface area contributed by atoms with Gasteiger partial charge in [-0.15, -0.1) is 0 Å². The van der Waals surface area contributed by atoms with Crippen molar-refractivity contribution in [2.24, 2.45) is 7.05 Å². The summed E-state index contributed by atoms with van der Waals surface area (Å²) < 4.78 is 7.43. The van der Waals surface area contributed by atoms with E-state index in [2.05, 4.69) is 11.9 Å². The van der Waals surface area contributed by atoms with Gasteiger partial charge in [0.05, 0.1) is 13.2 Å². The lowest BCUT2D eigenvalue weighted by molar-refractivity contribution is 0.183. The third-order valence-electron chi connectivity index (χ3n) is 3.21. The van der Waals surface area contributed by atoms with E-state index < -0.39 is 5.69 Å². The van der Waals surface area contributed by atoms with Crippen molar-refractivity contribution in [3.63, 3.8) is 0 Å². The zero-order chi connectivity index (χ0) is 15.1. The van der Waals surface area contributed by atoms with Crippen LogP contribution in [0, 0.1) is 0 Å². The Morgan fingerprint density at radius 2 is 2.00 bits per heavy atom. The summed E-state index contributed by atoms with van der Waals surface area (Å²) >= 11 is 0. The Balaban J connectivity index is 3.17. The lowest BCUT2D eigenvalue weighted by Gasteiger charge is -2.23. The Hall–Kier alpha value is -1.63. The molecular weight excluding hydrogens is 260 g/mol. The van der Waals surface area contributed by atoms with Crippen molar-refractivity contribution in [1.82, 2.24) is 14.1 Å². The first kappa shape index (κ1) is 16.4. The Morgan fingerprint density at radius 1 is 1.30 bits per heavy atom. The first-order valence-corrected chi connectivity index (χ1v) is 6.98. The number of ether oxygens (including phenoxy) is 1. The maximum atomic E-state index is 12.2. The molecule has 0 aromatic carbocycles. The molecule has 0 saturated carbocycles. The second-order valence-electron chi connectivity index (χ2n) is 4.61. The molecule has 0 radical (unpaired) electrons. The van der Waals surface area contributed by atoms with Crippen molar-refractivity contribution in [3.05, 3.63) is 21.0 Å². The molecule has 0 aliphatic heterocycles. The van der Waals surface area contributed by atoms with Crippen LogP contribution >= 0.6 is 0 Å². The van der Waals surface area contributed by atoms with E-state index in [4.69, 9.17) is 4.74 Å². The third kappa shape index (κ3) is 3.69. The summed E-state index contributed by atoms with van der Waals surface area (Å²) in [5.74, 6) is 0.435. The molecule has 114 valence electrons. The molecule has 0 aliphatic carbocycles. The van der Waals surface area contributed by atoms with Crippen LogP contribution in [-0.4, -0.2) is 40.9 Å². The van der Waals surface area contributed by atoms with E-state index in [-0.39, 0.29) is 12.2 Å². The molecule has 1 heterocycles. The third-order valence-corrected chi connectivity index (χ3v) is 3.21. The maximum Gasteiger partial charge on any atom is 0.355 e. The topological polar surface area (TPSA) is 69.4 Å². The normalized spacial score (nSPS) is 10.8. The largest absolute Gasteiger partial charge is 0.383 e. The number of unbranched alkanes of at least 4 members (excludes halogenated alkanes) is 1. The molecule has 1 aromatic heterocycles. The van der Waals surface area contributed by atoms with Gasteiger partial charge in [-0.3, -0.25) is 4.57 Å². The average Bonchev–Trinajstić information content (AvgIpc) is 2.44. The van der Waals surface area contributed by atoms with Gasteiger partial charge in [-0.2, -0.15) is 4.98 Å². The number of hydrogen-bond acceptors (Lipinski definition) is 5. The lowest BCUT2D eigenvalue weighted by Crippen LogP contribution is -2.45. The first-order valence-electron chi connectivity index (χ1n) is 6.98. The minimum atomic E-state index is -0.518. The van der Waals surface area contributed by atoms with Crippen molar-refractivity contribution in [1.29, 1.82) is 0 Å². The fourth-order valence-corrected chi connectivity index (χ4v) is 1.97. The van der Waals surface area contributed by atoms with Crippen molar-refractivity contribution in [2.75, 3.05) is 31.7 Å². The summed E-state index contributed by atoms with van der Waals surface area (Å²) in [6, 6.07) is 0. The molecule has 0 atom stereocenters. The van der Waals surface area contributed by atoms with Crippen LogP contribution in [0.15, 0.2) is 9.59 Å². The van der Waals surface area contributed by atoms with Gasteiger partial charge in [0.25, 0.3) is 0 Å². The Labute approximate surface area is 118 Å². The predicted molar refractivity (Wildman–Crippen MR) is 78.4 cm³/mol. The van der Waals surface area contributed by atoms with Gasteiger partial charge in [0, 0.05) is 27.2 Å². The van der Waals surface area contributed by atoms with Crippen LogP contribution in [0.2, 0.25) is 0 Å². The van der Waals surface area contributed by atoms with E-state index in [9.17, 15) is 9.59 Å². The minimum Gasteiger partial charge on any atom is -0.383 e. The molecule has 0 bridgehead atoms. The van der Waals surface area contributed by atoms with Crippen molar-refractivity contribution in [3.8, 4) is 0 Å². The summed E-state index contributed by atoms with van der Waals surface area (Å²) in [6.45, 7) is 6.11. The van der Waals surface area contributed by atoms with E-state index in [1.54, 1.807) is 7.05 Å². The van der Waals surface area contributed by atoms with Gasteiger partial charge >= 0.3 is 11.4 Å². The number of anilines is 1. The van der Waals surface area contributed by atoms with Gasteiger partial charge in [-0.05, 0) is 13.3 Å². The first-order chi connectivity index (χ1) is 9.56. The molecule has 0 fully saturated rings. The van der Waals surface area contributed by atoms with Crippen LogP contribution < -0.4 is 16.3 Å². The van der Waals surface area contributed by atoms with Gasteiger partial charge in [0.2, 0.25) is 5.95 Å². The standard InChI is InChI=1S/C13H24N4O3/c1-5-7-8-16(6-2)11-14-12(18)17(9-10-20-4)13(19)15(11)3/h5-10H2,1-4H3. The van der Waals surface area contributed by atoms with Crippen LogP contribution in [0.1, 0.15) is 26.7 Å². The van der Waals surface area contributed by atoms with Gasteiger partial charge in [0.1, 0.15) is 0 Å². The Morgan fingerprint density at radius 3 is 2.55 bits per heavy atom. The number of hydrogen-bond donors (Lipinski definition) is 0. The highest BCUT2D eigenvalue weighted by Crippen LogP contribution is 2.06. The highest BCUT2D eigenvalue weighted by Gasteiger charge is 2.14. The van der Waals surface area contributed by atoms with E-state index >= 15 is 0 Å². The second kappa shape index (κ2) is 7.84. The molecule has 20 heavy (non-hydrogen) atoms. The smallest absolute Gasteiger partial charge is 0.355 e. The van der Waals surface area contributed by atoms with E-state index in [1.165, 1.54) is 11.7 Å². The fourth-order valence-electron chi connectivity index (χ4n) is 1.97. The minimum absolute atomic E-state index is 0.219. The molecule has 0 saturated heterocycles. The Kier molecular flexibility index (Phi) is 6.44. The van der Waals surface area contributed by atoms with E-state index in [0.29, 0.717) is 19.1 Å². The SMILES string of the molecule is CCCCN(CC)c1nc(=O)n(CCOC)c(=O)n1C. The molecule has 0 N–H and O–H groups in total. The summed E-state index contributed by atoms with van der Waals surface area (Å²) in [7, 11) is 3.17. The van der Waals surface area contributed by atoms with Gasteiger partial charge in [-0.25, -0.2) is 14.2 Å². The van der Waals surface area contributed by atoms with Crippen LogP contribution in [0.3, 0.4) is 0 Å². The van der Waals surface area contributed by atoms with Crippen molar-refractivity contribution in [2.45, 2.75) is 33.2 Å². The molecule has 0 unspecified atom stereocenters.